The second-order valence-electron chi connectivity index (χ2n) is 13.6. The lowest BCUT2D eigenvalue weighted by Crippen LogP contribution is -2.55. The molecule has 0 fully saturated rings. The van der Waals surface area contributed by atoms with Crippen molar-refractivity contribution in [1.82, 2.24) is 16.0 Å². The molecule has 4 aromatic rings. The maximum atomic E-state index is 14.2. The molecular weight excluding hydrogens is 635 g/mol. The van der Waals surface area contributed by atoms with Crippen LogP contribution in [0.25, 0.3) is 21.5 Å². The molecule has 5 atom stereocenters. The summed E-state index contributed by atoms with van der Waals surface area (Å²) in [6.45, 7) is 8.49. The van der Waals surface area contributed by atoms with Crippen molar-refractivity contribution in [1.29, 1.82) is 0 Å². The van der Waals surface area contributed by atoms with E-state index in [1.165, 1.54) is 6.26 Å². The SMILES string of the molecule is CC[C@H](C)CNC(=O)C[C@H](O)[C@H](CC(C)C)NC(=O)C(NC(=O)C(Cc1cccc2ccccc12)Cc1cccc2ccccc12)S(C)=O. The van der Waals surface area contributed by atoms with Gasteiger partial charge in [0.15, 0.2) is 5.37 Å². The number of hydrogen-bond donors (Lipinski definition) is 4. The van der Waals surface area contributed by atoms with Gasteiger partial charge >= 0.3 is 0 Å². The van der Waals surface area contributed by atoms with Gasteiger partial charge in [0.2, 0.25) is 11.8 Å². The van der Waals surface area contributed by atoms with Gasteiger partial charge in [-0.15, -0.1) is 0 Å². The van der Waals surface area contributed by atoms with Crippen molar-refractivity contribution < 1.29 is 23.7 Å². The molecule has 0 aliphatic carbocycles. The van der Waals surface area contributed by atoms with Crippen LogP contribution >= 0.6 is 0 Å². The first-order valence-electron chi connectivity index (χ1n) is 17.3. The minimum Gasteiger partial charge on any atom is -0.390 e. The third-order valence-electron chi connectivity index (χ3n) is 9.16. The number of rotatable bonds is 17. The lowest BCUT2D eigenvalue weighted by molar-refractivity contribution is -0.130. The summed E-state index contributed by atoms with van der Waals surface area (Å²) in [4.78, 5) is 40.5. The van der Waals surface area contributed by atoms with Gasteiger partial charge in [-0.1, -0.05) is 119 Å². The van der Waals surface area contributed by atoms with E-state index in [-0.39, 0.29) is 24.2 Å². The molecule has 0 heterocycles. The van der Waals surface area contributed by atoms with Crippen molar-refractivity contribution in [3.63, 3.8) is 0 Å². The predicted octanol–water partition coefficient (Wildman–Crippen LogP) is 5.66. The van der Waals surface area contributed by atoms with Crippen molar-refractivity contribution in [3.8, 4) is 0 Å². The van der Waals surface area contributed by atoms with Gasteiger partial charge in [-0.25, -0.2) is 0 Å². The maximum absolute atomic E-state index is 14.2. The van der Waals surface area contributed by atoms with Gasteiger partial charge in [-0.05, 0) is 63.8 Å². The Morgan fingerprint density at radius 3 is 1.80 bits per heavy atom. The first-order valence-corrected chi connectivity index (χ1v) is 18.9. The van der Waals surface area contributed by atoms with E-state index < -0.39 is 40.1 Å². The van der Waals surface area contributed by atoms with Crippen LogP contribution in [0.2, 0.25) is 0 Å². The highest BCUT2D eigenvalue weighted by atomic mass is 32.2. The van der Waals surface area contributed by atoms with Crippen LogP contribution < -0.4 is 16.0 Å². The standard InChI is InChI=1S/C40H51N3O5S/c1-6-27(4)25-41-37(45)24-36(44)35(21-26(2)3)42-39(47)40(49(5)48)43-38(46)32(22-30-17-11-15-28-13-7-9-19-33(28)30)23-31-18-12-16-29-14-8-10-20-34(29)31/h7-20,26-27,32,35-36,40,44H,6,21-25H2,1-5H3,(H,41,45)(H,42,47)(H,43,46)/t27-,35-,36-,40?,49?/m0/s1. The Hall–Kier alpha value is -4.08. The third-order valence-corrected chi connectivity index (χ3v) is 10.2. The van der Waals surface area contributed by atoms with E-state index in [0.717, 1.165) is 39.1 Å². The Balaban J connectivity index is 1.57. The summed E-state index contributed by atoms with van der Waals surface area (Å²) >= 11 is 0. The van der Waals surface area contributed by atoms with E-state index in [9.17, 15) is 23.7 Å². The van der Waals surface area contributed by atoms with Gasteiger partial charge in [0, 0.05) is 18.7 Å². The Morgan fingerprint density at radius 2 is 1.29 bits per heavy atom. The molecule has 0 aliphatic heterocycles. The van der Waals surface area contributed by atoms with Crippen LogP contribution in [-0.4, -0.2) is 57.4 Å². The summed E-state index contributed by atoms with van der Waals surface area (Å²) in [7, 11) is -1.78. The number of fused-ring (bicyclic) bond motifs is 2. The minimum absolute atomic E-state index is 0.0917. The number of hydrogen-bond acceptors (Lipinski definition) is 5. The zero-order valence-electron chi connectivity index (χ0n) is 29.3. The lowest BCUT2D eigenvalue weighted by atomic mass is 9.88. The molecule has 49 heavy (non-hydrogen) atoms. The second-order valence-corrected chi connectivity index (χ2v) is 15.1. The molecule has 8 nitrogen and oxygen atoms in total. The summed E-state index contributed by atoms with van der Waals surface area (Å²) in [5.41, 5.74) is 2.01. The summed E-state index contributed by atoms with van der Waals surface area (Å²) in [6.07, 6.45) is 2.16. The van der Waals surface area contributed by atoms with Crippen molar-refractivity contribution >= 4 is 50.1 Å². The van der Waals surface area contributed by atoms with E-state index in [1.807, 2.05) is 113 Å². The molecule has 0 saturated carbocycles. The number of amides is 3. The summed E-state index contributed by atoms with van der Waals surface area (Å²) in [6, 6.07) is 27.4. The van der Waals surface area contributed by atoms with Gasteiger partial charge in [0.25, 0.3) is 5.91 Å². The number of nitrogens with one attached hydrogen (secondary N) is 3. The minimum atomic E-state index is -1.78. The highest BCUT2D eigenvalue weighted by Gasteiger charge is 2.32. The monoisotopic (exact) mass is 685 g/mol. The third kappa shape index (κ3) is 10.7. The summed E-state index contributed by atoms with van der Waals surface area (Å²) < 4.78 is 13.0. The first-order chi connectivity index (χ1) is 23.5. The van der Waals surface area contributed by atoms with Crippen molar-refractivity contribution in [2.75, 3.05) is 12.8 Å². The molecule has 4 rings (SSSR count). The Kier molecular flexibility index (Phi) is 13.9. The molecule has 2 unspecified atom stereocenters. The van der Waals surface area contributed by atoms with E-state index in [2.05, 4.69) is 16.0 Å². The summed E-state index contributed by atoms with van der Waals surface area (Å²) in [5, 5.41) is 22.4. The number of benzene rings is 4. The highest BCUT2D eigenvalue weighted by molar-refractivity contribution is 7.85. The van der Waals surface area contributed by atoms with Crippen LogP contribution in [0, 0.1) is 17.8 Å². The second kappa shape index (κ2) is 18.1. The van der Waals surface area contributed by atoms with Gasteiger partial charge in [0.1, 0.15) is 0 Å². The average Bonchev–Trinajstić information content (AvgIpc) is 3.08. The fourth-order valence-corrected chi connectivity index (χ4v) is 6.84. The molecule has 3 amide bonds. The smallest absolute Gasteiger partial charge is 0.256 e. The topological polar surface area (TPSA) is 125 Å². The Morgan fingerprint density at radius 1 is 0.755 bits per heavy atom. The normalized spacial score (nSPS) is 14.7. The molecule has 4 N–H and O–H groups in total. The maximum Gasteiger partial charge on any atom is 0.256 e. The average molecular weight is 686 g/mol. The fourth-order valence-electron chi connectivity index (χ4n) is 6.19. The van der Waals surface area contributed by atoms with E-state index >= 15 is 0 Å². The zero-order valence-corrected chi connectivity index (χ0v) is 30.1. The molecule has 9 heteroatoms. The lowest BCUT2D eigenvalue weighted by Gasteiger charge is -2.28. The van der Waals surface area contributed by atoms with Crippen LogP contribution in [0.5, 0.6) is 0 Å². The van der Waals surface area contributed by atoms with Crippen LogP contribution in [0.3, 0.4) is 0 Å². The number of carbonyl (C=O) groups excluding carboxylic acids is 3. The number of aliphatic hydroxyl groups is 1. The zero-order chi connectivity index (χ0) is 35.5. The molecule has 0 bridgehead atoms. The Labute approximate surface area is 292 Å². The van der Waals surface area contributed by atoms with Gasteiger partial charge in [0.05, 0.1) is 29.4 Å². The van der Waals surface area contributed by atoms with Crippen LogP contribution in [-0.2, 0) is 38.0 Å². The van der Waals surface area contributed by atoms with Crippen LogP contribution in [0.4, 0.5) is 0 Å². The van der Waals surface area contributed by atoms with Crippen molar-refractivity contribution in [2.45, 2.75) is 77.3 Å². The predicted molar refractivity (Wildman–Crippen MR) is 199 cm³/mol. The van der Waals surface area contributed by atoms with Gasteiger partial charge in [-0.3, -0.25) is 18.6 Å². The quantitative estimate of drug-likeness (QED) is 0.114. The largest absolute Gasteiger partial charge is 0.390 e. The van der Waals surface area contributed by atoms with E-state index in [1.54, 1.807) is 0 Å². The molecule has 0 aliphatic rings. The molecule has 262 valence electrons. The molecule has 0 spiro atoms. The van der Waals surface area contributed by atoms with E-state index in [0.29, 0.717) is 31.7 Å². The highest BCUT2D eigenvalue weighted by Crippen LogP contribution is 2.26. The van der Waals surface area contributed by atoms with Gasteiger partial charge in [-0.2, -0.15) is 0 Å². The summed E-state index contributed by atoms with van der Waals surface area (Å²) in [5.74, 6) is -1.53. The first kappa shape index (κ1) is 37.7. The van der Waals surface area contributed by atoms with Gasteiger partial charge < -0.3 is 21.1 Å². The molecule has 0 aromatic heterocycles. The molecule has 0 radical (unpaired) electrons. The number of aliphatic hydroxyl groups excluding tert-OH is 1. The van der Waals surface area contributed by atoms with Crippen molar-refractivity contribution in [2.24, 2.45) is 17.8 Å². The van der Waals surface area contributed by atoms with Crippen LogP contribution in [0.15, 0.2) is 84.9 Å². The van der Waals surface area contributed by atoms with Crippen LogP contribution in [0.1, 0.15) is 58.1 Å². The molecular formula is C40H51N3O5S. The molecule has 0 saturated heterocycles. The Bertz CT molecular complexity index is 1670. The molecule has 4 aromatic carbocycles. The number of carbonyl (C=O) groups is 3. The van der Waals surface area contributed by atoms with E-state index in [4.69, 9.17) is 0 Å². The van der Waals surface area contributed by atoms with Crippen molar-refractivity contribution in [3.05, 3.63) is 96.1 Å². The fraction of sp³-hybridized carbons (Fsp3) is 0.425.